The largest absolute Gasteiger partial charge is 0.491 e. The molecule has 0 saturated heterocycles. The zero-order valence-electron chi connectivity index (χ0n) is 12.4. The number of ketones is 1. The second-order valence-corrected chi connectivity index (χ2v) is 7.70. The number of fused-ring (bicyclic) bond motifs is 1. The van der Waals surface area contributed by atoms with Crippen LogP contribution in [0.2, 0.25) is 0 Å². The van der Waals surface area contributed by atoms with Gasteiger partial charge in [-0.15, -0.1) is 0 Å². The summed E-state index contributed by atoms with van der Waals surface area (Å²) in [6.45, 7) is 0.160. The molecule has 1 aliphatic rings. The normalized spacial score (nSPS) is 15.6. The van der Waals surface area contributed by atoms with Crippen molar-refractivity contribution in [1.29, 1.82) is 0 Å². The van der Waals surface area contributed by atoms with E-state index in [1.807, 2.05) is 6.07 Å². The topological polar surface area (TPSA) is 69.7 Å². The molecule has 5 nitrogen and oxygen atoms in total. The Bertz CT molecular complexity index is 641. The van der Waals surface area contributed by atoms with Crippen LogP contribution in [0.15, 0.2) is 18.2 Å². The molecule has 1 unspecified atom stereocenters. The quantitative estimate of drug-likeness (QED) is 0.504. The van der Waals surface area contributed by atoms with Gasteiger partial charge in [0.2, 0.25) is 0 Å². The molecule has 0 fully saturated rings. The van der Waals surface area contributed by atoms with Crippen LogP contribution in [0.5, 0.6) is 5.75 Å². The number of ether oxygens (including phenoxy) is 1. The molecule has 0 aromatic heterocycles. The fraction of sp³-hybridized carbons (Fsp3) is 0.533. The van der Waals surface area contributed by atoms with E-state index in [9.17, 15) is 13.2 Å². The number of carbonyl (C=O) groups excluding carboxylic acids is 1. The van der Waals surface area contributed by atoms with E-state index in [0.29, 0.717) is 18.6 Å². The van der Waals surface area contributed by atoms with Crippen LogP contribution in [-0.4, -0.2) is 38.5 Å². The fourth-order valence-electron chi connectivity index (χ4n) is 2.42. The molecule has 0 saturated carbocycles. The van der Waals surface area contributed by atoms with Crippen LogP contribution in [-0.2, 0) is 20.7 Å². The second kappa shape index (κ2) is 7.57. The molecule has 1 aromatic carbocycles. The van der Waals surface area contributed by atoms with Crippen LogP contribution in [0.25, 0.3) is 0 Å². The lowest BCUT2D eigenvalue weighted by molar-refractivity contribution is 0.0994. The summed E-state index contributed by atoms with van der Waals surface area (Å²) in [4.78, 5) is 11.6. The third kappa shape index (κ3) is 5.07. The molecule has 122 valence electrons. The first-order chi connectivity index (χ1) is 10.4. The van der Waals surface area contributed by atoms with Gasteiger partial charge in [-0.2, -0.15) is 8.42 Å². The molecular formula is C15H19BrO5S. The van der Waals surface area contributed by atoms with Crippen LogP contribution in [0.4, 0.5) is 0 Å². The Balaban J connectivity index is 1.98. The highest BCUT2D eigenvalue weighted by Gasteiger charge is 2.20. The van der Waals surface area contributed by atoms with Gasteiger partial charge in [-0.1, -0.05) is 15.9 Å². The summed E-state index contributed by atoms with van der Waals surface area (Å²) >= 11 is 3.32. The smallest absolute Gasteiger partial charge is 0.264 e. The zero-order chi connectivity index (χ0) is 16.2. The maximum atomic E-state index is 11.6. The molecule has 1 aromatic rings. The van der Waals surface area contributed by atoms with Crippen molar-refractivity contribution in [3.63, 3.8) is 0 Å². The molecule has 0 bridgehead atoms. The van der Waals surface area contributed by atoms with Gasteiger partial charge in [0.25, 0.3) is 10.1 Å². The average Bonchev–Trinajstić information content (AvgIpc) is 2.81. The van der Waals surface area contributed by atoms with E-state index in [-0.39, 0.29) is 12.4 Å². The van der Waals surface area contributed by atoms with Crippen LogP contribution in [0, 0.1) is 0 Å². The molecule has 0 aliphatic heterocycles. The van der Waals surface area contributed by atoms with Gasteiger partial charge in [0.15, 0.2) is 5.78 Å². The van der Waals surface area contributed by atoms with E-state index in [4.69, 9.17) is 8.92 Å². The minimum atomic E-state index is -3.51. The summed E-state index contributed by atoms with van der Waals surface area (Å²) in [6, 6.07) is 5.36. The molecule has 0 N–H and O–H groups in total. The molecule has 0 heterocycles. The minimum absolute atomic E-state index is 0.160. The van der Waals surface area contributed by atoms with Gasteiger partial charge in [-0.05, 0) is 43.0 Å². The van der Waals surface area contributed by atoms with Crippen LogP contribution in [0.1, 0.15) is 35.2 Å². The summed E-state index contributed by atoms with van der Waals surface area (Å²) < 4.78 is 33.3. The van der Waals surface area contributed by atoms with Crippen LogP contribution < -0.4 is 4.74 Å². The maximum Gasteiger partial charge on any atom is 0.264 e. The number of hydrogen-bond acceptors (Lipinski definition) is 5. The van der Waals surface area contributed by atoms with Crippen LogP contribution in [0.3, 0.4) is 0 Å². The number of alkyl halides is 1. The first-order valence-electron chi connectivity index (χ1n) is 7.12. The lowest BCUT2D eigenvalue weighted by Gasteiger charge is -2.17. The Morgan fingerprint density at radius 2 is 2.09 bits per heavy atom. The highest BCUT2D eigenvalue weighted by molar-refractivity contribution is 9.09. The first kappa shape index (κ1) is 17.4. The number of benzene rings is 1. The summed E-state index contributed by atoms with van der Waals surface area (Å²) in [5.41, 5.74) is 1.75. The van der Waals surface area contributed by atoms with Gasteiger partial charge in [0.05, 0.1) is 6.26 Å². The molecule has 1 aliphatic carbocycles. The summed E-state index contributed by atoms with van der Waals surface area (Å²) in [5.74, 6) is 0.798. The van der Waals surface area contributed by atoms with Crippen LogP contribution >= 0.6 is 15.9 Å². The second-order valence-electron chi connectivity index (χ2n) is 5.31. The average molecular weight is 391 g/mol. The van der Waals surface area contributed by atoms with Crippen molar-refractivity contribution in [3.05, 3.63) is 29.3 Å². The summed E-state index contributed by atoms with van der Waals surface area (Å²) in [6.07, 6.45) is 3.18. The van der Waals surface area contributed by atoms with Gasteiger partial charge in [-0.25, -0.2) is 0 Å². The van der Waals surface area contributed by atoms with Crippen molar-refractivity contribution in [3.8, 4) is 5.75 Å². The SMILES string of the molecule is CS(=O)(=O)OC(CCCBr)COc1ccc2c(c1)CCC2=O. The maximum absolute atomic E-state index is 11.6. The molecule has 0 spiro atoms. The Morgan fingerprint density at radius 3 is 2.77 bits per heavy atom. The third-order valence-electron chi connectivity index (χ3n) is 3.41. The van der Waals surface area contributed by atoms with Gasteiger partial charge in [0.1, 0.15) is 18.5 Å². The highest BCUT2D eigenvalue weighted by atomic mass is 79.9. The van der Waals surface area contributed by atoms with Crippen molar-refractivity contribution >= 4 is 31.8 Å². The van der Waals surface area contributed by atoms with Gasteiger partial charge >= 0.3 is 0 Å². The van der Waals surface area contributed by atoms with Crippen molar-refractivity contribution in [1.82, 2.24) is 0 Å². The Labute approximate surface area is 139 Å². The van der Waals surface area contributed by atoms with E-state index in [1.165, 1.54) is 0 Å². The molecule has 22 heavy (non-hydrogen) atoms. The van der Waals surface area contributed by atoms with E-state index >= 15 is 0 Å². The van der Waals surface area contributed by atoms with Crippen molar-refractivity contribution < 1.29 is 22.1 Å². The first-order valence-corrected chi connectivity index (χ1v) is 10.1. The lowest BCUT2D eigenvalue weighted by atomic mass is 10.1. The number of carbonyl (C=O) groups is 1. The molecule has 0 radical (unpaired) electrons. The number of hydrogen-bond donors (Lipinski definition) is 0. The highest BCUT2D eigenvalue weighted by Crippen LogP contribution is 2.26. The number of Topliss-reactive ketones (excluding diaryl/α,β-unsaturated/α-hetero) is 1. The van der Waals surface area contributed by atoms with Crippen molar-refractivity contribution in [2.24, 2.45) is 0 Å². The Hall–Kier alpha value is -0.920. The van der Waals surface area contributed by atoms with E-state index in [0.717, 1.165) is 35.6 Å². The Kier molecular flexibility index (Phi) is 6.00. The van der Waals surface area contributed by atoms with Gasteiger partial charge in [0, 0.05) is 17.3 Å². The number of halogens is 1. The monoisotopic (exact) mass is 390 g/mol. The molecule has 1 atom stereocenters. The number of rotatable bonds is 8. The van der Waals surface area contributed by atoms with Crippen molar-refractivity contribution in [2.75, 3.05) is 18.2 Å². The third-order valence-corrected chi connectivity index (χ3v) is 4.59. The van der Waals surface area contributed by atoms with Gasteiger partial charge < -0.3 is 4.74 Å². The molecule has 0 amide bonds. The minimum Gasteiger partial charge on any atom is -0.491 e. The van der Waals surface area contributed by atoms with Gasteiger partial charge in [-0.3, -0.25) is 8.98 Å². The zero-order valence-corrected chi connectivity index (χ0v) is 14.8. The molecule has 7 heteroatoms. The predicted molar refractivity (Wildman–Crippen MR) is 87.3 cm³/mol. The summed E-state index contributed by atoms with van der Waals surface area (Å²) in [7, 11) is -3.51. The lowest BCUT2D eigenvalue weighted by Crippen LogP contribution is -2.25. The van der Waals surface area contributed by atoms with E-state index in [2.05, 4.69) is 15.9 Å². The summed E-state index contributed by atoms with van der Waals surface area (Å²) in [5, 5.41) is 0.775. The standard InChI is InChI=1S/C15H19BrO5S/c1-22(18,19)21-13(3-2-8-16)10-20-12-5-6-14-11(9-12)4-7-15(14)17/h5-6,9,13H,2-4,7-8,10H2,1H3. The van der Waals surface area contributed by atoms with E-state index < -0.39 is 16.2 Å². The van der Waals surface area contributed by atoms with E-state index in [1.54, 1.807) is 12.1 Å². The predicted octanol–water partition coefficient (Wildman–Crippen LogP) is 2.71. The van der Waals surface area contributed by atoms with Crippen molar-refractivity contribution in [2.45, 2.75) is 31.8 Å². The number of aryl methyl sites for hydroxylation is 1. The molecule has 2 rings (SSSR count). The fourth-order valence-corrected chi connectivity index (χ4v) is 3.39. The Morgan fingerprint density at radius 1 is 1.32 bits per heavy atom. The molecular weight excluding hydrogens is 372 g/mol.